The van der Waals surface area contributed by atoms with Crippen molar-refractivity contribution in [3.05, 3.63) is 72.8 Å². The lowest BCUT2D eigenvalue weighted by Crippen LogP contribution is -1.89. The van der Waals surface area contributed by atoms with E-state index in [2.05, 4.69) is 18.2 Å². The van der Waals surface area contributed by atoms with Crippen LogP contribution in [0.15, 0.2) is 72.8 Å². The molecule has 104 valence electrons. The Bertz CT molecular complexity index is 731. The Labute approximate surface area is 124 Å². The third-order valence-electron chi connectivity index (χ3n) is 3.48. The van der Waals surface area contributed by atoms with E-state index in [1.165, 1.54) is 0 Å². The predicted molar refractivity (Wildman–Crippen MR) is 85.5 cm³/mol. The molecule has 0 atom stereocenters. The van der Waals surface area contributed by atoms with Crippen LogP contribution in [0.3, 0.4) is 0 Å². The van der Waals surface area contributed by atoms with E-state index in [0.29, 0.717) is 0 Å². The Hall–Kier alpha value is -2.74. The first-order valence-electron chi connectivity index (χ1n) is 6.81. The molecule has 0 spiro atoms. The summed E-state index contributed by atoms with van der Waals surface area (Å²) in [5.41, 5.74) is 4.33. The Morgan fingerprint density at radius 3 is 2.05 bits per heavy atom. The molecule has 0 fully saturated rings. The molecule has 21 heavy (non-hydrogen) atoms. The zero-order valence-corrected chi connectivity index (χ0v) is 11.8. The first kappa shape index (κ1) is 13.3. The molecule has 0 aromatic heterocycles. The summed E-state index contributed by atoms with van der Waals surface area (Å²) in [6.45, 7) is 0. The summed E-state index contributed by atoms with van der Waals surface area (Å²) in [4.78, 5) is 0. The Morgan fingerprint density at radius 2 is 1.38 bits per heavy atom. The van der Waals surface area contributed by atoms with Gasteiger partial charge in [-0.1, -0.05) is 48.5 Å². The maximum atomic E-state index is 9.40. The number of hydrogen-bond acceptors (Lipinski definition) is 2. The highest BCUT2D eigenvalue weighted by Gasteiger charge is 2.08. The number of rotatable bonds is 3. The second-order valence-electron chi connectivity index (χ2n) is 4.83. The zero-order valence-electron chi connectivity index (χ0n) is 11.8. The van der Waals surface area contributed by atoms with Gasteiger partial charge in [-0.2, -0.15) is 0 Å². The third-order valence-corrected chi connectivity index (χ3v) is 3.48. The second kappa shape index (κ2) is 5.71. The van der Waals surface area contributed by atoms with Crippen LogP contribution in [0, 0.1) is 0 Å². The molecule has 2 nitrogen and oxygen atoms in total. The molecule has 0 saturated heterocycles. The fourth-order valence-corrected chi connectivity index (χ4v) is 2.38. The van der Waals surface area contributed by atoms with Crippen molar-refractivity contribution in [3.63, 3.8) is 0 Å². The van der Waals surface area contributed by atoms with Crippen LogP contribution in [0.4, 0.5) is 0 Å². The van der Waals surface area contributed by atoms with Gasteiger partial charge in [0.25, 0.3) is 0 Å². The highest BCUT2D eigenvalue weighted by atomic mass is 16.5. The largest absolute Gasteiger partial charge is 0.508 e. The van der Waals surface area contributed by atoms with Crippen LogP contribution in [-0.4, -0.2) is 12.2 Å². The number of phenolic OH excluding ortho intramolecular Hbond substituents is 1. The number of aromatic hydroxyl groups is 1. The van der Waals surface area contributed by atoms with Crippen LogP contribution >= 0.6 is 0 Å². The first-order valence-corrected chi connectivity index (χ1v) is 6.81. The van der Waals surface area contributed by atoms with Crippen molar-refractivity contribution < 1.29 is 9.84 Å². The molecule has 0 heterocycles. The summed E-state index contributed by atoms with van der Waals surface area (Å²) < 4.78 is 5.47. The van der Waals surface area contributed by atoms with Crippen LogP contribution in [0.5, 0.6) is 11.5 Å². The fourth-order valence-electron chi connectivity index (χ4n) is 2.38. The maximum absolute atomic E-state index is 9.40. The van der Waals surface area contributed by atoms with Gasteiger partial charge in [-0.15, -0.1) is 0 Å². The number of benzene rings is 3. The zero-order chi connectivity index (χ0) is 14.7. The van der Waals surface area contributed by atoms with Gasteiger partial charge in [-0.3, -0.25) is 0 Å². The Kier molecular flexibility index (Phi) is 3.61. The van der Waals surface area contributed by atoms with Crippen molar-refractivity contribution in [1.29, 1.82) is 0 Å². The number of phenols is 1. The van der Waals surface area contributed by atoms with Gasteiger partial charge in [0.2, 0.25) is 0 Å². The van der Waals surface area contributed by atoms with Crippen molar-refractivity contribution in [1.82, 2.24) is 0 Å². The average Bonchev–Trinajstić information content (AvgIpc) is 2.56. The SMILES string of the molecule is COc1ccc(-c2ccc(O)cc2)cc1-c1ccccc1. The Morgan fingerprint density at radius 1 is 0.714 bits per heavy atom. The highest BCUT2D eigenvalue weighted by molar-refractivity contribution is 5.77. The molecule has 0 saturated carbocycles. The summed E-state index contributed by atoms with van der Waals surface area (Å²) >= 11 is 0. The lowest BCUT2D eigenvalue weighted by Gasteiger charge is -2.11. The van der Waals surface area contributed by atoms with Gasteiger partial charge in [0.05, 0.1) is 7.11 Å². The highest BCUT2D eigenvalue weighted by Crippen LogP contribution is 2.34. The molecular formula is C19H16O2. The minimum atomic E-state index is 0.274. The van der Waals surface area contributed by atoms with Gasteiger partial charge >= 0.3 is 0 Å². The molecule has 2 heteroatoms. The monoisotopic (exact) mass is 276 g/mol. The van der Waals surface area contributed by atoms with Crippen LogP contribution in [0.1, 0.15) is 0 Å². The van der Waals surface area contributed by atoms with Gasteiger partial charge < -0.3 is 9.84 Å². The number of ether oxygens (including phenoxy) is 1. The molecule has 0 bridgehead atoms. The van der Waals surface area contributed by atoms with E-state index in [1.807, 2.05) is 42.5 Å². The minimum absolute atomic E-state index is 0.274. The molecular weight excluding hydrogens is 260 g/mol. The van der Waals surface area contributed by atoms with Crippen LogP contribution in [0.25, 0.3) is 22.3 Å². The quantitative estimate of drug-likeness (QED) is 0.749. The van der Waals surface area contributed by atoms with Crippen molar-refractivity contribution in [3.8, 4) is 33.8 Å². The first-order chi connectivity index (χ1) is 10.3. The summed E-state index contributed by atoms with van der Waals surface area (Å²) in [5.74, 6) is 1.12. The topological polar surface area (TPSA) is 29.5 Å². The van der Waals surface area contributed by atoms with Crippen molar-refractivity contribution in [2.45, 2.75) is 0 Å². The lowest BCUT2D eigenvalue weighted by atomic mass is 9.98. The van der Waals surface area contributed by atoms with E-state index in [4.69, 9.17) is 4.74 Å². The second-order valence-corrected chi connectivity index (χ2v) is 4.83. The minimum Gasteiger partial charge on any atom is -0.508 e. The molecule has 3 aromatic rings. The normalized spacial score (nSPS) is 10.3. The predicted octanol–water partition coefficient (Wildman–Crippen LogP) is 4.73. The van der Waals surface area contributed by atoms with Crippen molar-refractivity contribution in [2.75, 3.05) is 7.11 Å². The number of methoxy groups -OCH3 is 1. The van der Waals surface area contributed by atoms with Gasteiger partial charge in [0.15, 0.2) is 0 Å². The molecule has 0 aliphatic rings. The summed E-state index contributed by atoms with van der Waals surface area (Å²) in [7, 11) is 1.68. The third kappa shape index (κ3) is 2.75. The van der Waals surface area contributed by atoms with Gasteiger partial charge in [0, 0.05) is 5.56 Å². The smallest absolute Gasteiger partial charge is 0.126 e. The van der Waals surface area contributed by atoms with E-state index in [0.717, 1.165) is 28.0 Å². The van der Waals surface area contributed by atoms with Gasteiger partial charge in [-0.25, -0.2) is 0 Å². The van der Waals surface area contributed by atoms with Crippen LogP contribution in [0.2, 0.25) is 0 Å². The molecule has 0 aliphatic carbocycles. The lowest BCUT2D eigenvalue weighted by molar-refractivity contribution is 0.416. The molecule has 1 N–H and O–H groups in total. The summed E-state index contributed by atoms with van der Waals surface area (Å²) in [6, 6.07) is 23.5. The van der Waals surface area contributed by atoms with Crippen molar-refractivity contribution in [2.24, 2.45) is 0 Å². The molecule has 3 rings (SSSR count). The van der Waals surface area contributed by atoms with Crippen molar-refractivity contribution >= 4 is 0 Å². The summed E-state index contributed by atoms with van der Waals surface area (Å²) in [5, 5.41) is 9.40. The molecule has 0 unspecified atom stereocenters. The maximum Gasteiger partial charge on any atom is 0.126 e. The fraction of sp³-hybridized carbons (Fsp3) is 0.0526. The standard InChI is InChI=1S/C19H16O2/c1-21-19-12-9-16(14-7-10-17(20)11-8-14)13-18(19)15-5-3-2-4-6-15/h2-13,20H,1H3. The van der Waals surface area contributed by atoms with E-state index in [-0.39, 0.29) is 5.75 Å². The average molecular weight is 276 g/mol. The van der Waals surface area contributed by atoms with E-state index in [1.54, 1.807) is 19.2 Å². The molecule has 0 radical (unpaired) electrons. The van der Waals surface area contributed by atoms with Gasteiger partial charge in [0.1, 0.15) is 11.5 Å². The summed E-state index contributed by atoms with van der Waals surface area (Å²) in [6.07, 6.45) is 0. The van der Waals surface area contributed by atoms with Crippen LogP contribution in [-0.2, 0) is 0 Å². The van der Waals surface area contributed by atoms with Gasteiger partial charge in [-0.05, 0) is 41.0 Å². The van der Waals surface area contributed by atoms with E-state index >= 15 is 0 Å². The van der Waals surface area contributed by atoms with Crippen LogP contribution < -0.4 is 4.74 Å². The van der Waals surface area contributed by atoms with E-state index in [9.17, 15) is 5.11 Å². The van der Waals surface area contributed by atoms with E-state index < -0.39 is 0 Å². The number of hydrogen-bond donors (Lipinski definition) is 1. The molecule has 3 aromatic carbocycles. The molecule has 0 aliphatic heterocycles. The molecule has 0 amide bonds. The Balaban J connectivity index is 2.11.